The molecule has 0 saturated heterocycles. The van der Waals surface area contributed by atoms with Crippen LogP contribution in [0.4, 0.5) is 0 Å². The van der Waals surface area contributed by atoms with Crippen molar-refractivity contribution in [1.29, 1.82) is 0 Å². The van der Waals surface area contributed by atoms with E-state index in [0.717, 1.165) is 68.5 Å². The van der Waals surface area contributed by atoms with Crippen molar-refractivity contribution in [2.24, 2.45) is 56.2 Å². The number of rotatable bonds is 12. The number of hydrogen-bond acceptors (Lipinski definition) is 7. The van der Waals surface area contributed by atoms with Crippen molar-refractivity contribution in [1.82, 2.24) is 9.80 Å². The lowest BCUT2D eigenvalue weighted by atomic mass is 9.33. The summed E-state index contributed by atoms with van der Waals surface area (Å²) in [6.07, 6.45) is 7.13. The molecule has 57 heavy (non-hydrogen) atoms. The van der Waals surface area contributed by atoms with Crippen molar-refractivity contribution >= 4 is 29.3 Å². The first kappa shape index (κ1) is 44.3. The number of aliphatic carboxylic acids is 1. The van der Waals surface area contributed by atoms with E-state index in [4.69, 9.17) is 16.3 Å². The predicted molar refractivity (Wildman–Crippen MR) is 227 cm³/mol. The highest BCUT2D eigenvalue weighted by Gasteiger charge is 2.70. The zero-order chi connectivity index (χ0) is 42.3. The van der Waals surface area contributed by atoms with Crippen molar-refractivity contribution in [2.75, 3.05) is 27.7 Å². The molecule has 3 unspecified atom stereocenters. The summed E-state index contributed by atoms with van der Waals surface area (Å²) in [6.45, 7) is 21.7. The lowest BCUT2D eigenvalue weighted by molar-refractivity contribution is -0.235. The zero-order valence-corrected chi connectivity index (χ0v) is 37.9. The molecule has 4 fully saturated rings. The summed E-state index contributed by atoms with van der Waals surface area (Å²) in [6, 6.07) is 6.10. The van der Waals surface area contributed by atoms with Gasteiger partial charge in [0.05, 0.1) is 17.9 Å². The second-order valence-electron chi connectivity index (χ2n) is 21.9. The fourth-order valence-electron chi connectivity index (χ4n) is 14.0. The number of nitrogens with zero attached hydrogens (tertiary/aromatic N) is 2. The van der Waals surface area contributed by atoms with Gasteiger partial charge in [0.2, 0.25) is 0 Å². The molecule has 0 spiro atoms. The van der Waals surface area contributed by atoms with Gasteiger partial charge in [-0.2, -0.15) is 0 Å². The van der Waals surface area contributed by atoms with Crippen LogP contribution in [0, 0.1) is 56.2 Å². The number of carbonyl (C=O) groups excluding carboxylic acids is 2. The van der Waals surface area contributed by atoms with Crippen LogP contribution in [0.3, 0.4) is 0 Å². The Morgan fingerprint density at radius 2 is 1.60 bits per heavy atom. The number of fused-ring (bicyclic) bond motifs is 7. The topological polar surface area (TPSA) is 107 Å². The lowest BCUT2D eigenvalue weighted by Gasteiger charge is -2.72. The second kappa shape index (κ2) is 15.3. The van der Waals surface area contributed by atoms with Gasteiger partial charge in [-0.3, -0.25) is 19.3 Å². The summed E-state index contributed by atoms with van der Waals surface area (Å²) < 4.78 is 6.19. The number of benzene rings is 1. The highest BCUT2D eigenvalue weighted by Crippen LogP contribution is 2.77. The molecule has 318 valence electrons. The number of halogens is 1. The standard InChI is InChI=1S/C48H73ClN2O6/c1-29(2)40-34(52)24-48(37(53)28-51(12)27-30-13-14-32(49)23-31(30)26-50(10)11)22-21-46(8)33(41(40)48)15-16-36-45(7)19-18-38(57-39(54)25-43(3,4)42(55)56)44(5,6)35(45)17-20-47(36,46)9/h13-14,23,29,33,35-38,53H,15-22,24-28H2,1-12H3,(H,55,56)/t33-,35+,36-,37+,38?,45?,46-,47-,48?/m1/s1. The van der Waals surface area contributed by atoms with E-state index in [0.29, 0.717) is 31.3 Å². The fraction of sp³-hybridized carbons (Fsp3) is 0.771. The van der Waals surface area contributed by atoms with E-state index in [9.17, 15) is 24.6 Å². The SMILES string of the molecule is CC(C)C1=C2[C@H]3CC[C@@H]4C5(C)CCC(OC(=O)CC(C)(C)C(=O)O)C(C)(C)[C@@H]5CC[C@@]4(C)[C@]3(C)CCC2([C@@H](O)CN(C)Cc2ccc(Cl)cc2CN(C)C)CC1=O. The number of carboxylic acid groups (broad SMARTS) is 1. The van der Waals surface area contributed by atoms with E-state index in [2.05, 4.69) is 85.5 Å². The monoisotopic (exact) mass is 809 g/mol. The molecule has 1 aromatic rings. The molecular weight excluding hydrogens is 736 g/mol. The average molecular weight is 810 g/mol. The van der Waals surface area contributed by atoms with E-state index >= 15 is 0 Å². The first-order valence-electron chi connectivity index (χ1n) is 21.8. The summed E-state index contributed by atoms with van der Waals surface area (Å²) in [7, 11) is 6.21. The summed E-state index contributed by atoms with van der Waals surface area (Å²) in [4.78, 5) is 43.6. The van der Waals surface area contributed by atoms with Gasteiger partial charge in [0.25, 0.3) is 0 Å². The number of allylic oxidation sites excluding steroid dienone is 1. The number of ketones is 1. The summed E-state index contributed by atoms with van der Waals surface area (Å²) in [5, 5.41) is 22.9. The molecule has 9 heteroatoms. The Morgan fingerprint density at radius 1 is 0.912 bits per heavy atom. The minimum absolute atomic E-state index is 0.0284. The van der Waals surface area contributed by atoms with E-state index in [1.54, 1.807) is 13.8 Å². The number of carbonyl (C=O) groups is 3. The molecule has 0 aliphatic heterocycles. The highest BCUT2D eigenvalue weighted by molar-refractivity contribution is 6.30. The van der Waals surface area contributed by atoms with Gasteiger partial charge in [-0.05, 0) is 155 Å². The van der Waals surface area contributed by atoms with E-state index in [1.807, 2.05) is 12.1 Å². The molecule has 5 aliphatic rings. The number of esters is 1. The fourth-order valence-corrected chi connectivity index (χ4v) is 14.2. The van der Waals surface area contributed by atoms with Crippen LogP contribution >= 0.6 is 11.6 Å². The maximum Gasteiger partial charge on any atom is 0.309 e. The third-order valence-electron chi connectivity index (χ3n) is 17.1. The number of hydrogen-bond donors (Lipinski definition) is 2. The largest absolute Gasteiger partial charge is 0.481 e. The number of aliphatic hydroxyl groups excluding tert-OH is 1. The normalized spacial score (nSPS) is 35.5. The Bertz CT molecular complexity index is 1780. The third-order valence-corrected chi connectivity index (χ3v) is 17.3. The lowest BCUT2D eigenvalue weighted by Crippen LogP contribution is -2.66. The van der Waals surface area contributed by atoms with Gasteiger partial charge in [-0.1, -0.05) is 71.7 Å². The van der Waals surface area contributed by atoms with Crippen LogP contribution < -0.4 is 0 Å². The molecule has 0 radical (unpaired) electrons. The molecule has 9 atom stereocenters. The third kappa shape index (κ3) is 7.37. The van der Waals surface area contributed by atoms with Crippen LogP contribution in [0.25, 0.3) is 0 Å². The van der Waals surface area contributed by atoms with Crippen LogP contribution in [0.1, 0.15) is 138 Å². The number of carboxylic acids is 1. The van der Waals surface area contributed by atoms with Gasteiger partial charge in [-0.15, -0.1) is 0 Å². The van der Waals surface area contributed by atoms with Gasteiger partial charge in [-0.25, -0.2) is 0 Å². The minimum Gasteiger partial charge on any atom is -0.481 e. The Morgan fingerprint density at radius 3 is 2.23 bits per heavy atom. The first-order chi connectivity index (χ1) is 26.3. The van der Waals surface area contributed by atoms with Gasteiger partial charge >= 0.3 is 11.9 Å². The quantitative estimate of drug-likeness (QED) is 0.201. The van der Waals surface area contributed by atoms with Gasteiger partial charge in [0.1, 0.15) is 6.10 Å². The van der Waals surface area contributed by atoms with Gasteiger partial charge < -0.3 is 19.8 Å². The van der Waals surface area contributed by atoms with Crippen molar-refractivity contribution in [3.63, 3.8) is 0 Å². The molecule has 1 aromatic carbocycles. The summed E-state index contributed by atoms with van der Waals surface area (Å²) in [5.41, 5.74) is 2.77. The van der Waals surface area contributed by atoms with Gasteiger partial charge in [0.15, 0.2) is 5.78 Å². The molecule has 4 saturated carbocycles. The molecule has 8 nitrogen and oxygen atoms in total. The van der Waals surface area contributed by atoms with Crippen molar-refractivity contribution < 1.29 is 29.3 Å². The maximum absolute atomic E-state index is 14.3. The smallest absolute Gasteiger partial charge is 0.309 e. The molecule has 0 bridgehead atoms. The maximum atomic E-state index is 14.3. The Hall–Kier alpha value is -2.26. The average Bonchev–Trinajstić information content (AvgIpc) is 3.40. The van der Waals surface area contributed by atoms with Crippen molar-refractivity contribution in [3.8, 4) is 0 Å². The van der Waals surface area contributed by atoms with Crippen LogP contribution in [0.2, 0.25) is 5.02 Å². The molecule has 0 aromatic heterocycles. The number of likely N-dealkylation sites (N-methyl/N-ethyl adjacent to an activating group) is 1. The summed E-state index contributed by atoms with van der Waals surface area (Å²) >= 11 is 6.42. The molecule has 0 amide bonds. The Labute approximate surface area is 348 Å². The van der Waals surface area contributed by atoms with E-state index < -0.39 is 28.9 Å². The van der Waals surface area contributed by atoms with Gasteiger partial charge in [0, 0.05) is 41.9 Å². The van der Waals surface area contributed by atoms with Crippen LogP contribution in [0.15, 0.2) is 29.3 Å². The Kier molecular flexibility index (Phi) is 11.9. The van der Waals surface area contributed by atoms with E-state index in [-0.39, 0.29) is 51.8 Å². The molecule has 0 heterocycles. The number of ether oxygens (including phenoxy) is 1. The zero-order valence-electron chi connectivity index (χ0n) is 37.2. The van der Waals surface area contributed by atoms with Crippen LogP contribution in [0.5, 0.6) is 0 Å². The molecule has 6 rings (SSSR count). The van der Waals surface area contributed by atoms with Crippen molar-refractivity contribution in [2.45, 2.75) is 152 Å². The predicted octanol–water partition coefficient (Wildman–Crippen LogP) is 9.59. The van der Waals surface area contributed by atoms with E-state index in [1.165, 1.54) is 16.7 Å². The number of Topliss-reactive ketones (excluding diaryl/α,β-unsaturated/α-hetero) is 1. The van der Waals surface area contributed by atoms with Crippen molar-refractivity contribution in [3.05, 3.63) is 45.5 Å². The molecule has 5 aliphatic carbocycles. The highest BCUT2D eigenvalue weighted by atomic mass is 35.5. The first-order valence-corrected chi connectivity index (χ1v) is 22.2. The molecular formula is C48H73ClN2O6. The summed E-state index contributed by atoms with van der Waals surface area (Å²) in [5.74, 6) is 0.00261. The second-order valence-corrected chi connectivity index (χ2v) is 22.4. The van der Waals surface area contributed by atoms with Crippen LogP contribution in [-0.2, 0) is 32.2 Å². The molecule has 2 N–H and O–H groups in total. The minimum atomic E-state index is -1.17. The Balaban J connectivity index is 1.26. The van der Waals surface area contributed by atoms with Crippen LogP contribution in [-0.4, -0.2) is 77.6 Å². The number of aliphatic hydroxyl groups is 1.